The minimum Gasteiger partial charge on any atom is -0.465 e. The highest BCUT2D eigenvalue weighted by Crippen LogP contribution is 2.10. The van der Waals surface area contributed by atoms with Crippen LogP contribution >= 0.6 is 0 Å². The molecule has 0 saturated heterocycles. The summed E-state index contributed by atoms with van der Waals surface area (Å²) in [4.78, 5) is 10.8. The maximum absolute atomic E-state index is 10.8. The van der Waals surface area contributed by atoms with Crippen LogP contribution in [0.4, 0.5) is 0 Å². The second-order valence-corrected chi connectivity index (χ2v) is 6.72. The molecule has 24 heavy (non-hydrogen) atoms. The van der Waals surface area contributed by atoms with E-state index in [9.17, 15) is 4.79 Å². The van der Waals surface area contributed by atoms with Crippen LogP contribution in [0.15, 0.2) is 12.2 Å². The van der Waals surface area contributed by atoms with Gasteiger partial charge in [-0.25, -0.2) is 0 Å². The molecule has 0 aliphatic rings. The van der Waals surface area contributed by atoms with Crippen molar-refractivity contribution in [1.29, 1.82) is 0 Å². The Morgan fingerprint density at radius 2 is 1.21 bits per heavy atom. The number of allylic oxidation sites excluding steroid dienone is 2. The molecule has 0 atom stereocenters. The molecule has 0 rings (SSSR count). The van der Waals surface area contributed by atoms with Gasteiger partial charge in [0, 0.05) is 0 Å². The molecule has 142 valence electrons. The lowest BCUT2D eigenvalue weighted by Gasteiger charge is -2.03. The van der Waals surface area contributed by atoms with Crippen molar-refractivity contribution in [3.8, 4) is 0 Å². The summed E-state index contributed by atoms with van der Waals surface area (Å²) in [7, 11) is 0. The van der Waals surface area contributed by atoms with Gasteiger partial charge >= 0.3 is 5.97 Å². The van der Waals surface area contributed by atoms with Crippen molar-refractivity contribution in [3.05, 3.63) is 12.2 Å². The van der Waals surface area contributed by atoms with Gasteiger partial charge in [0.15, 0.2) is 0 Å². The molecular weight excluding hydrogens is 298 g/mol. The van der Waals surface area contributed by atoms with Crippen molar-refractivity contribution in [2.24, 2.45) is 5.73 Å². The summed E-state index contributed by atoms with van der Waals surface area (Å²) in [6.45, 7) is 2.79. The monoisotopic (exact) mass is 339 g/mol. The van der Waals surface area contributed by atoms with E-state index in [0.717, 1.165) is 12.8 Å². The van der Waals surface area contributed by atoms with Gasteiger partial charge in [-0.1, -0.05) is 83.3 Å². The highest BCUT2D eigenvalue weighted by molar-refractivity contribution is 5.71. The average Bonchev–Trinajstić information content (AvgIpc) is 2.60. The SMILES string of the molecule is CCCCCCCCC=CCCCCCCCCCOC(=O)CN. The first kappa shape index (κ1) is 23.2. The molecule has 0 aromatic rings. The van der Waals surface area contributed by atoms with Crippen LogP contribution in [0.25, 0.3) is 0 Å². The van der Waals surface area contributed by atoms with Crippen molar-refractivity contribution < 1.29 is 9.53 Å². The van der Waals surface area contributed by atoms with Crippen LogP contribution < -0.4 is 5.73 Å². The third-order valence-corrected chi connectivity index (χ3v) is 4.34. The van der Waals surface area contributed by atoms with Crippen LogP contribution in [0.2, 0.25) is 0 Å². The van der Waals surface area contributed by atoms with E-state index >= 15 is 0 Å². The van der Waals surface area contributed by atoms with Gasteiger partial charge in [0.1, 0.15) is 0 Å². The lowest BCUT2D eigenvalue weighted by atomic mass is 10.1. The molecule has 0 aliphatic carbocycles. The van der Waals surface area contributed by atoms with Crippen LogP contribution in [-0.2, 0) is 9.53 Å². The zero-order chi connectivity index (χ0) is 17.7. The molecule has 0 aliphatic heterocycles. The van der Waals surface area contributed by atoms with Crippen molar-refractivity contribution >= 4 is 5.97 Å². The minimum absolute atomic E-state index is 0.00654. The van der Waals surface area contributed by atoms with E-state index in [2.05, 4.69) is 19.1 Å². The van der Waals surface area contributed by atoms with Gasteiger partial charge < -0.3 is 10.5 Å². The van der Waals surface area contributed by atoms with Crippen LogP contribution in [0, 0.1) is 0 Å². The number of hydrogen-bond acceptors (Lipinski definition) is 3. The van der Waals surface area contributed by atoms with Crippen molar-refractivity contribution in [3.63, 3.8) is 0 Å². The second kappa shape index (κ2) is 20.2. The fraction of sp³-hybridized carbons (Fsp3) is 0.857. The summed E-state index contributed by atoms with van der Waals surface area (Å²) in [5.41, 5.74) is 5.17. The maximum Gasteiger partial charge on any atom is 0.319 e. The first-order chi connectivity index (χ1) is 11.8. The summed E-state index contributed by atoms with van der Waals surface area (Å²) in [5.74, 6) is -0.292. The molecule has 0 unspecified atom stereocenters. The molecule has 0 radical (unpaired) electrons. The second-order valence-electron chi connectivity index (χ2n) is 6.72. The number of rotatable bonds is 18. The standard InChI is InChI=1S/C21H41NO2/c1-2-3-4-5-6-7-8-9-10-11-12-13-14-15-16-17-18-19-24-21(23)20-22/h9-10H,2-8,11-20,22H2,1H3. The lowest BCUT2D eigenvalue weighted by molar-refractivity contribution is -0.142. The molecule has 0 amide bonds. The summed E-state index contributed by atoms with van der Waals surface area (Å²) in [5, 5.41) is 0. The van der Waals surface area contributed by atoms with E-state index in [1.165, 1.54) is 83.5 Å². The summed E-state index contributed by atoms with van der Waals surface area (Å²) < 4.78 is 4.94. The Balaban J connectivity index is 3.09. The molecule has 0 aromatic heterocycles. The third kappa shape index (κ3) is 19.2. The van der Waals surface area contributed by atoms with E-state index in [-0.39, 0.29) is 12.5 Å². The lowest BCUT2D eigenvalue weighted by Crippen LogP contribution is -2.17. The first-order valence-corrected chi connectivity index (χ1v) is 10.3. The average molecular weight is 340 g/mol. The number of carbonyl (C=O) groups excluding carboxylic acids is 1. The van der Waals surface area contributed by atoms with Gasteiger partial charge in [0.2, 0.25) is 0 Å². The van der Waals surface area contributed by atoms with Gasteiger partial charge in [-0.05, 0) is 32.1 Å². The zero-order valence-corrected chi connectivity index (χ0v) is 16.1. The molecule has 2 N–H and O–H groups in total. The van der Waals surface area contributed by atoms with Gasteiger partial charge in [-0.2, -0.15) is 0 Å². The normalized spacial score (nSPS) is 11.2. The number of nitrogens with two attached hydrogens (primary N) is 1. The van der Waals surface area contributed by atoms with Gasteiger partial charge in [0.25, 0.3) is 0 Å². The molecule has 0 spiro atoms. The van der Waals surface area contributed by atoms with E-state index in [4.69, 9.17) is 10.5 Å². The molecule has 0 bridgehead atoms. The highest BCUT2D eigenvalue weighted by Gasteiger charge is 1.97. The van der Waals surface area contributed by atoms with E-state index < -0.39 is 0 Å². The predicted molar refractivity (Wildman–Crippen MR) is 104 cm³/mol. The number of esters is 1. The Morgan fingerprint density at radius 3 is 1.71 bits per heavy atom. The minimum atomic E-state index is -0.292. The maximum atomic E-state index is 10.8. The summed E-state index contributed by atoms with van der Waals surface area (Å²) >= 11 is 0. The predicted octanol–water partition coefficient (Wildman–Crippen LogP) is 5.92. The summed E-state index contributed by atoms with van der Waals surface area (Å²) in [6.07, 6.45) is 24.2. The number of carbonyl (C=O) groups is 1. The smallest absolute Gasteiger partial charge is 0.319 e. The van der Waals surface area contributed by atoms with E-state index in [1.807, 2.05) is 0 Å². The van der Waals surface area contributed by atoms with Gasteiger partial charge in [-0.15, -0.1) is 0 Å². The van der Waals surface area contributed by atoms with Crippen LogP contribution in [0.1, 0.15) is 103 Å². The van der Waals surface area contributed by atoms with Crippen molar-refractivity contribution in [2.45, 2.75) is 103 Å². The molecule has 3 nitrogen and oxygen atoms in total. The largest absolute Gasteiger partial charge is 0.465 e. The van der Waals surface area contributed by atoms with E-state index in [0.29, 0.717) is 6.61 Å². The molecular formula is C21H41NO2. The number of hydrogen-bond donors (Lipinski definition) is 1. The quantitative estimate of drug-likeness (QED) is 0.192. The molecule has 0 heterocycles. The highest BCUT2D eigenvalue weighted by atomic mass is 16.5. The fourth-order valence-corrected chi connectivity index (χ4v) is 2.77. The number of ether oxygens (including phenoxy) is 1. The van der Waals surface area contributed by atoms with Gasteiger partial charge in [-0.3, -0.25) is 4.79 Å². The van der Waals surface area contributed by atoms with E-state index in [1.54, 1.807) is 0 Å². The molecule has 0 saturated carbocycles. The van der Waals surface area contributed by atoms with Crippen LogP contribution in [0.3, 0.4) is 0 Å². The molecule has 0 fully saturated rings. The topological polar surface area (TPSA) is 52.3 Å². The Labute approximate surface area is 150 Å². The first-order valence-electron chi connectivity index (χ1n) is 10.3. The fourth-order valence-electron chi connectivity index (χ4n) is 2.77. The summed E-state index contributed by atoms with van der Waals surface area (Å²) in [6, 6.07) is 0. The zero-order valence-electron chi connectivity index (χ0n) is 16.1. The Kier molecular flexibility index (Phi) is 19.5. The Bertz CT molecular complexity index is 290. The van der Waals surface area contributed by atoms with Crippen LogP contribution in [0.5, 0.6) is 0 Å². The molecule has 0 aromatic carbocycles. The van der Waals surface area contributed by atoms with Gasteiger partial charge in [0.05, 0.1) is 13.2 Å². The van der Waals surface area contributed by atoms with Crippen molar-refractivity contribution in [2.75, 3.05) is 13.2 Å². The number of unbranched alkanes of at least 4 members (excludes halogenated alkanes) is 13. The van der Waals surface area contributed by atoms with Crippen LogP contribution in [-0.4, -0.2) is 19.1 Å². The Hall–Kier alpha value is -0.830. The molecule has 3 heteroatoms. The third-order valence-electron chi connectivity index (χ3n) is 4.34. The Morgan fingerprint density at radius 1 is 0.750 bits per heavy atom. The van der Waals surface area contributed by atoms with Crippen molar-refractivity contribution in [1.82, 2.24) is 0 Å².